The number of rotatable bonds is 5. The van der Waals surface area contributed by atoms with Crippen LogP contribution in [0.15, 0.2) is 24.4 Å². The molecule has 2 atom stereocenters. The van der Waals surface area contributed by atoms with Crippen molar-refractivity contribution < 1.29 is 14.3 Å². The summed E-state index contributed by atoms with van der Waals surface area (Å²) in [5, 5.41) is 3.65. The molecule has 138 valence electrons. The van der Waals surface area contributed by atoms with Crippen LogP contribution >= 0.6 is 11.3 Å². The lowest BCUT2D eigenvalue weighted by atomic mass is 9.86. The Morgan fingerprint density at radius 2 is 2.12 bits per heavy atom. The zero-order chi connectivity index (χ0) is 18.5. The van der Waals surface area contributed by atoms with Crippen LogP contribution in [-0.4, -0.2) is 34.5 Å². The van der Waals surface area contributed by atoms with E-state index in [1.54, 1.807) is 13.1 Å². The highest BCUT2D eigenvalue weighted by molar-refractivity contribution is 7.17. The van der Waals surface area contributed by atoms with E-state index in [4.69, 9.17) is 4.74 Å². The smallest absolute Gasteiger partial charge is 0.350 e. The van der Waals surface area contributed by atoms with Gasteiger partial charge in [-0.25, -0.2) is 9.78 Å². The van der Waals surface area contributed by atoms with Gasteiger partial charge in [0.1, 0.15) is 9.88 Å². The van der Waals surface area contributed by atoms with Gasteiger partial charge >= 0.3 is 5.97 Å². The lowest BCUT2D eigenvalue weighted by Crippen LogP contribution is -2.42. The second-order valence-electron chi connectivity index (χ2n) is 6.66. The van der Waals surface area contributed by atoms with Gasteiger partial charge in [-0.1, -0.05) is 25.8 Å². The second kappa shape index (κ2) is 8.40. The SMILES string of the molecule is Cc1nc(-c2ccccn2)sc1C(=O)OCC(=O)N[C@@H]1CCCC[C@H]1C. The molecular weight excluding hydrogens is 350 g/mol. The number of amides is 1. The summed E-state index contributed by atoms with van der Waals surface area (Å²) < 4.78 is 5.20. The first kappa shape index (κ1) is 18.5. The first-order valence-electron chi connectivity index (χ1n) is 8.90. The molecule has 0 aliphatic heterocycles. The number of carbonyl (C=O) groups is 2. The van der Waals surface area contributed by atoms with Crippen molar-refractivity contribution in [2.45, 2.75) is 45.6 Å². The van der Waals surface area contributed by atoms with Gasteiger partial charge in [-0.15, -0.1) is 11.3 Å². The summed E-state index contributed by atoms with van der Waals surface area (Å²) >= 11 is 1.23. The number of nitrogens with one attached hydrogen (secondary N) is 1. The fraction of sp³-hybridized carbons (Fsp3) is 0.474. The molecule has 1 N–H and O–H groups in total. The normalized spacial score (nSPS) is 19.8. The molecule has 0 spiro atoms. The molecule has 3 rings (SSSR count). The van der Waals surface area contributed by atoms with E-state index in [1.165, 1.54) is 17.8 Å². The summed E-state index contributed by atoms with van der Waals surface area (Å²) in [4.78, 5) is 33.4. The van der Waals surface area contributed by atoms with E-state index in [1.807, 2.05) is 18.2 Å². The van der Waals surface area contributed by atoms with Gasteiger partial charge in [-0.3, -0.25) is 9.78 Å². The molecule has 1 saturated carbocycles. The van der Waals surface area contributed by atoms with Crippen molar-refractivity contribution >= 4 is 23.2 Å². The molecule has 0 aromatic carbocycles. The Morgan fingerprint density at radius 3 is 2.85 bits per heavy atom. The van der Waals surface area contributed by atoms with E-state index in [0.29, 0.717) is 27.2 Å². The number of pyridine rings is 1. The molecule has 1 aliphatic rings. The molecule has 1 fully saturated rings. The van der Waals surface area contributed by atoms with Crippen molar-refractivity contribution in [1.82, 2.24) is 15.3 Å². The molecule has 2 aromatic rings. The van der Waals surface area contributed by atoms with Crippen molar-refractivity contribution in [3.05, 3.63) is 35.0 Å². The minimum absolute atomic E-state index is 0.177. The third-order valence-electron chi connectivity index (χ3n) is 4.66. The summed E-state index contributed by atoms with van der Waals surface area (Å²) in [5.74, 6) is -0.300. The van der Waals surface area contributed by atoms with Gasteiger partial charge in [0.05, 0.1) is 11.4 Å². The number of carbonyl (C=O) groups excluding carboxylic acids is 2. The second-order valence-corrected chi connectivity index (χ2v) is 7.66. The average molecular weight is 373 g/mol. The molecule has 26 heavy (non-hydrogen) atoms. The van der Waals surface area contributed by atoms with Crippen LogP contribution in [0.1, 0.15) is 48.0 Å². The Hall–Kier alpha value is -2.28. The highest BCUT2D eigenvalue weighted by Crippen LogP contribution is 2.27. The summed E-state index contributed by atoms with van der Waals surface area (Å²) in [6.07, 6.45) is 6.14. The Kier molecular flexibility index (Phi) is 5.98. The fourth-order valence-electron chi connectivity index (χ4n) is 3.16. The maximum atomic E-state index is 12.3. The lowest BCUT2D eigenvalue weighted by molar-refractivity contribution is -0.125. The van der Waals surface area contributed by atoms with Crippen LogP contribution in [0.3, 0.4) is 0 Å². The van der Waals surface area contributed by atoms with E-state index < -0.39 is 5.97 Å². The molecule has 2 aromatic heterocycles. The first-order chi connectivity index (χ1) is 12.5. The number of hydrogen-bond acceptors (Lipinski definition) is 6. The lowest BCUT2D eigenvalue weighted by Gasteiger charge is -2.29. The van der Waals surface area contributed by atoms with Crippen molar-refractivity contribution in [3.63, 3.8) is 0 Å². The van der Waals surface area contributed by atoms with Gasteiger partial charge in [0.25, 0.3) is 5.91 Å². The predicted octanol–water partition coefficient (Wildman–Crippen LogP) is 3.37. The van der Waals surface area contributed by atoms with Gasteiger partial charge in [-0.05, 0) is 37.8 Å². The zero-order valence-corrected chi connectivity index (χ0v) is 15.8. The number of nitrogens with zero attached hydrogens (tertiary/aromatic N) is 2. The van der Waals surface area contributed by atoms with Crippen LogP contribution in [0, 0.1) is 12.8 Å². The Balaban J connectivity index is 1.56. The van der Waals surface area contributed by atoms with Crippen LogP contribution in [0.25, 0.3) is 10.7 Å². The molecule has 6 nitrogen and oxygen atoms in total. The van der Waals surface area contributed by atoms with Crippen molar-refractivity contribution in [2.75, 3.05) is 6.61 Å². The van der Waals surface area contributed by atoms with Crippen LogP contribution in [0.5, 0.6) is 0 Å². The van der Waals surface area contributed by atoms with Gasteiger partial charge in [0.15, 0.2) is 6.61 Å². The maximum absolute atomic E-state index is 12.3. The largest absolute Gasteiger partial charge is 0.451 e. The number of thiazole rings is 1. The zero-order valence-electron chi connectivity index (χ0n) is 15.0. The predicted molar refractivity (Wildman–Crippen MR) is 99.9 cm³/mol. The summed E-state index contributed by atoms with van der Waals surface area (Å²) in [5.41, 5.74) is 1.30. The average Bonchev–Trinajstić information content (AvgIpc) is 3.04. The highest BCUT2D eigenvalue weighted by atomic mass is 32.1. The van der Waals surface area contributed by atoms with Gasteiger partial charge in [0.2, 0.25) is 0 Å². The molecule has 1 amide bonds. The van der Waals surface area contributed by atoms with Gasteiger partial charge in [-0.2, -0.15) is 0 Å². The van der Waals surface area contributed by atoms with Crippen molar-refractivity contribution in [1.29, 1.82) is 0 Å². The minimum Gasteiger partial charge on any atom is -0.451 e. The third kappa shape index (κ3) is 4.46. The van der Waals surface area contributed by atoms with Crippen molar-refractivity contribution in [2.24, 2.45) is 5.92 Å². The van der Waals surface area contributed by atoms with Crippen LogP contribution in [0.2, 0.25) is 0 Å². The third-order valence-corrected chi connectivity index (χ3v) is 5.82. The Bertz CT molecular complexity index is 776. The molecule has 0 bridgehead atoms. The molecule has 0 unspecified atom stereocenters. The highest BCUT2D eigenvalue weighted by Gasteiger charge is 2.24. The number of aromatic nitrogens is 2. The van der Waals surface area contributed by atoms with Gasteiger partial charge < -0.3 is 10.1 Å². The van der Waals surface area contributed by atoms with Crippen LogP contribution in [-0.2, 0) is 9.53 Å². The minimum atomic E-state index is -0.519. The molecule has 7 heteroatoms. The summed E-state index contributed by atoms with van der Waals surface area (Å²) in [6.45, 7) is 3.64. The van der Waals surface area contributed by atoms with Gasteiger partial charge in [0, 0.05) is 12.2 Å². The van der Waals surface area contributed by atoms with Crippen molar-refractivity contribution in [3.8, 4) is 10.7 Å². The first-order valence-corrected chi connectivity index (χ1v) is 9.71. The van der Waals surface area contributed by atoms with Crippen LogP contribution in [0.4, 0.5) is 0 Å². The summed E-state index contributed by atoms with van der Waals surface area (Å²) in [6, 6.07) is 5.71. The van der Waals surface area contributed by atoms with Crippen LogP contribution < -0.4 is 5.32 Å². The number of hydrogen-bond donors (Lipinski definition) is 1. The molecule has 2 heterocycles. The number of esters is 1. The molecule has 0 radical (unpaired) electrons. The molecule has 1 aliphatic carbocycles. The van der Waals surface area contributed by atoms with E-state index in [2.05, 4.69) is 22.2 Å². The Morgan fingerprint density at radius 1 is 1.31 bits per heavy atom. The monoisotopic (exact) mass is 373 g/mol. The molecular formula is C19H23N3O3S. The standard InChI is InChI=1S/C19H23N3O3S/c1-12-7-3-4-8-14(12)22-16(23)11-25-19(24)17-13(2)21-18(26-17)15-9-5-6-10-20-15/h5-6,9-10,12,14H,3-4,7-8,11H2,1-2H3,(H,22,23)/t12-,14-/m1/s1. The van der Waals surface area contributed by atoms with E-state index >= 15 is 0 Å². The number of ether oxygens (including phenoxy) is 1. The van der Waals surface area contributed by atoms with E-state index in [-0.39, 0.29) is 18.6 Å². The van der Waals surface area contributed by atoms with E-state index in [9.17, 15) is 9.59 Å². The molecule has 0 saturated heterocycles. The summed E-state index contributed by atoms with van der Waals surface area (Å²) in [7, 11) is 0. The fourth-order valence-corrected chi connectivity index (χ4v) is 4.10. The number of aryl methyl sites for hydroxylation is 1. The maximum Gasteiger partial charge on any atom is 0.350 e. The Labute approximate surface area is 157 Å². The van der Waals surface area contributed by atoms with E-state index in [0.717, 1.165) is 19.3 Å². The quantitative estimate of drug-likeness (QED) is 0.813. The topological polar surface area (TPSA) is 81.2 Å².